The van der Waals surface area contributed by atoms with Crippen molar-refractivity contribution in [2.45, 2.75) is 24.1 Å². The van der Waals surface area contributed by atoms with Crippen LogP contribution in [0, 0.1) is 13.8 Å². The first kappa shape index (κ1) is 27.7. The first-order valence-electron chi connectivity index (χ1n) is 12.7. The van der Waals surface area contributed by atoms with E-state index in [2.05, 4.69) is 25.5 Å². The number of rotatable bonds is 11. The molecule has 1 aliphatic heterocycles. The molecule has 3 heterocycles. The molecule has 10 heteroatoms. The van der Waals surface area contributed by atoms with Crippen molar-refractivity contribution in [3.63, 3.8) is 0 Å². The van der Waals surface area contributed by atoms with Crippen LogP contribution in [0.3, 0.4) is 0 Å². The molecule has 38 heavy (non-hydrogen) atoms. The zero-order valence-electron chi connectivity index (χ0n) is 21.8. The number of thioether (sulfide) groups is 1. The summed E-state index contributed by atoms with van der Waals surface area (Å²) >= 11 is 1.24. The number of carbonyl (C=O) groups is 2. The maximum Gasteiger partial charge on any atom is 0.258 e. The Hall–Kier alpha value is -3.31. The van der Waals surface area contributed by atoms with E-state index in [9.17, 15) is 9.59 Å². The van der Waals surface area contributed by atoms with E-state index in [4.69, 9.17) is 10.5 Å². The SMILES string of the molecule is Cc1cc(C)cc(NC(=O)c2cccnc2SC(C(=O)CNCCN2CCOCC2)c2ccnc(N)c2)c1. The van der Waals surface area contributed by atoms with Crippen LogP contribution in [-0.4, -0.2) is 72.5 Å². The van der Waals surface area contributed by atoms with E-state index in [1.807, 2.05) is 32.0 Å². The molecule has 4 N–H and O–H groups in total. The highest BCUT2D eigenvalue weighted by atomic mass is 32.2. The lowest BCUT2D eigenvalue weighted by Crippen LogP contribution is -2.41. The van der Waals surface area contributed by atoms with Gasteiger partial charge in [0.15, 0.2) is 5.78 Å². The summed E-state index contributed by atoms with van der Waals surface area (Å²) in [5.41, 5.74) is 9.89. The Balaban J connectivity index is 1.49. The summed E-state index contributed by atoms with van der Waals surface area (Å²) in [6, 6.07) is 12.8. The summed E-state index contributed by atoms with van der Waals surface area (Å²) < 4.78 is 5.39. The van der Waals surface area contributed by atoms with Gasteiger partial charge in [0.1, 0.15) is 10.8 Å². The largest absolute Gasteiger partial charge is 0.384 e. The number of aromatic nitrogens is 2. The quantitative estimate of drug-likeness (QED) is 0.251. The van der Waals surface area contributed by atoms with Gasteiger partial charge in [-0.2, -0.15) is 0 Å². The second kappa shape index (κ2) is 13.5. The van der Waals surface area contributed by atoms with Crippen LogP contribution < -0.4 is 16.4 Å². The number of anilines is 2. The van der Waals surface area contributed by atoms with Crippen molar-refractivity contribution >= 4 is 35.0 Å². The Morgan fingerprint density at radius 1 is 1.08 bits per heavy atom. The normalized spacial score (nSPS) is 14.7. The third kappa shape index (κ3) is 7.84. The first-order chi connectivity index (χ1) is 18.4. The van der Waals surface area contributed by atoms with Crippen molar-refractivity contribution < 1.29 is 14.3 Å². The number of ketones is 1. The smallest absolute Gasteiger partial charge is 0.258 e. The topological polar surface area (TPSA) is 122 Å². The van der Waals surface area contributed by atoms with Crippen molar-refractivity contribution in [1.82, 2.24) is 20.2 Å². The summed E-state index contributed by atoms with van der Waals surface area (Å²) in [4.78, 5) is 37.6. The van der Waals surface area contributed by atoms with Gasteiger partial charge in [-0.25, -0.2) is 9.97 Å². The maximum atomic E-state index is 13.5. The Bertz CT molecular complexity index is 1240. The lowest BCUT2D eigenvalue weighted by molar-refractivity contribution is -0.117. The second-order valence-electron chi connectivity index (χ2n) is 9.30. The molecule has 1 unspecified atom stereocenters. The number of benzene rings is 1. The molecule has 0 saturated carbocycles. The third-order valence-corrected chi connectivity index (χ3v) is 7.45. The fourth-order valence-electron chi connectivity index (χ4n) is 4.33. The van der Waals surface area contributed by atoms with E-state index < -0.39 is 5.25 Å². The van der Waals surface area contributed by atoms with E-state index in [1.165, 1.54) is 11.8 Å². The molecular weight excluding hydrogens is 500 g/mol. The molecule has 1 fully saturated rings. The molecule has 2 aromatic heterocycles. The van der Waals surface area contributed by atoms with Crippen molar-refractivity contribution in [2.75, 3.05) is 57.0 Å². The van der Waals surface area contributed by atoms with Crippen molar-refractivity contribution in [1.29, 1.82) is 0 Å². The number of aryl methyl sites for hydroxylation is 2. The standard InChI is InChI=1S/C28H34N6O3S/c1-19-14-20(2)16-22(15-19)33-27(36)23-4-3-6-32-28(23)38-26(21-5-7-31-25(29)17-21)24(35)18-30-8-9-34-10-12-37-13-11-34/h3-7,14-17,26,30H,8-13,18H2,1-2H3,(H2,29,31)(H,33,36). The molecule has 200 valence electrons. The van der Waals surface area contributed by atoms with Crippen LogP contribution in [0.4, 0.5) is 11.5 Å². The van der Waals surface area contributed by atoms with Crippen LogP contribution in [-0.2, 0) is 9.53 Å². The van der Waals surface area contributed by atoms with Crippen molar-refractivity contribution in [2.24, 2.45) is 0 Å². The lowest BCUT2D eigenvalue weighted by Gasteiger charge is -2.26. The number of nitrogens with zero attached hydrogens (tertiary/aromatic N) is 3. The minimum atomic E-state index is -0.612. The van der Waals surface area contributed by atoms with Crippen LogP contribution in [0.5, 0.6) is 0 Å². The molecule has 1 saturated heterocycles. The molecule has 1 amide bonds. The van der Waals surface area contributed by atoms with Crippen LogP contribution >= 0.6 is 11.8 Å². The van der Waals surface area contributed by atoms with Gasteiger partial charge >= 0.3 is 0 Å². The van der Waals surface area contributed by atoms with Crippen LogP contribution in [0.1, 0.15) is 32.3 Å². The number of nitrogens with two attached hydrogens (primary N) is 1. The number of morpholine rings is 1. The van der Waals surface area contributed by atoms with Gasteiger partial charge in [0.2, 0.25) is 0 Å². The van der Waals surface area contributed by atoms with Gasteiger partial charge in [0.25, 0.3) is 5.91 Å². The second-order valence-corrected chi connectivity index (χ2v) is 10.4. The number of nitrogen functional groups attached to an aromatic ring is 1. The van der Waals surface area contributed by atoms with E-state index in [0.717, 1.165) is 44.0 Å². The van der Waals surface area contributed by atoms with E-state index in [1.54, 1.807) is 36.7 Å². The predicted molar refractivity (Wildman–Crippen MR) is 150 cm³/mol. The van der Waals surface area contributed by atoms with E-state index in [-0.39, 0.29) is 18.2 Å². The molecule has 0 bridgehead atoms. The van der Waals surface area contributed by atoms with Gasteiger partial charge in [-0.1, -0.05) is 17.8 Å². The summed E-state index contributed by atoms with van der Waals surface area (Å²) in [6.45, 7) is 8.97. The molecule has 3 aromatic rings. The lowest BCUT2D eigenvalue weighted by atomic mass is 10.1. The summed E-state index contributed by atoms with van der Waals surface area (Å²) in [7, 11) is 0. The number of ether oxygens (including phenoxy) is 1. The Labute approximate surface area is 227 Å². The fourth-order valence-corrected chi connectivity index (χ4v) is 5.46. The number of carbonyl (C=O) groups excluding carboxylic acids is 2. The molecule has 0 radical (unpaired) electrons. The summed E-state index contributed by atoms with van der Waals surface area (Å²) in [5, 5.41) is 6.10. The average Bonchev–Trinajstić information content (AvgIpc) is 2.90. The van der Waals surface area contributed by atoms with E-state index >= 15 is 0 Å². The number of pyridine rings is 2. The first-order valence-corrected chi connectivity index (χ1v) is 13.5. The molecule has 1 aliphatic rings. The highest BCUT2D eigenvalue weighted by Gasteiger charge is 2.25. The Morgan fingerprint density at radius 2 is 1.84 bits per heavy atom. The van der Waals surface area contributed by atoms with Crippen molar-refractivity contribution in [3.05, 3.63) is 77.1 Å². The van der Waals surface area contributed by atoms with Crippen LogP contribution in [0.2, 0.25) is 0 Å². The molecule has 1 aromatic carbocycles. The highest BCUT2D eigenvalue weighted by Crippen LogP contribution is 2.37. The van der Waals surface area contributed by atoms with Gasteiger partial charge < -0.3 is 21.1 Å². The van der Waals surface area contributed by atoms with Crippen molar-refractivity contribution in [3.8, 4) is 0 Å². The third-order valence-electron chi connectivity index (χ3n) is 6.13. The van der Waals surface area contributed by atoms with Gasteiger partial charge in [-0.15, -0.1) is 0 Å². The minimum absolute atomic E-state index is 0.0334. The zero-order valence-corrected chi connectivity index (χ0v) is 22.6. The molecular formula is C28H34N6O3S. The molecule has 9 nitrogen and oxygen atoms in total. The monoisotopic (exact) mass is 534 g/mol. The van der Waals surface area contributed by atoms with Gasteiger partial charge in [0.05, 0.1) is 30.6 Å². The number of hydrogen-bond acceptors (Lipinski definition) is 9. The predicted octanol–water partition coefficient (Wildman–Crippen LogP) is 3.25. The van der Waals surface area contributed by atoms with Gasteiger partial charge in [-0.05, 0) is 66.9 Å². The fraction of sp³-hybridized carbons (Fsp3) is 0.357. The number of nitrogens with one attached hydrogen (secondary N) is 2. The Morgan fingerprint density at radius 3 is 2.58 bits per heavy atom. The zero-order chi connectivity index (χ0) is 26.9. The molecule has 0 aliphatic carbocycles. The highest BCUT2D eigenvalue weighted by molar-refractivity contribution is 8.00. The van der Waals surface area contributed by atoms with Crippen LogP contribution in [0.25, 0.3) is 0 Å². The molecule has 4 rings (SSSR count). The molecule has 1 atom stereocenters. The van der Waals surface area contributed by atoms with Gasteiger partial charge in [-0.3, -0.25) is 14.5 Å². The molecule has 0 spiro atoms. The maximum absolute atomic E-state index is 13.5. The summed E-state index contributed by atoms with van der Waals surface area (Å²) in [6.07, 6.45) is 3.21. The average molecular weight is 535 g/mol. The number of hydrogen-bond donors (Lipinski definition) is 3. The van der Waals surface area contributed by atoms with Crippen LogP contribution in [0.15, 0.2) is 59.9 Å². The number of Topliss-reactive ketones (excluding diaryl/α,β-unsaturated/α-hetero) is 1. The number of amides is 1. The summed E-state index contributed by atoms with van der Waals surface area (Å²) in [5.74, 6) is 0.0126. The Kier molecular flexibility index (Phi) is 9.83. The minimum Gasteiger partial charge on any atom is -0.384 e. The van der Waals surface area contributed by atoms with E-state index in [0.29, 0.717) is 34.2 Å². The van der Waals surface area contributed by atoms with Gasteiger partial charge in [0, 0.05) is 44.3 Å².